The van der Waals surface area contributed by atoms with Gasteiger partial charge in [0.1, 0.15) is 10.8 Å². The molecular weight excluding hydrogens is 202 g/mol. The Morgan fingerprint density at radius 3 is 2.86 bits per heavy atom. The number of hydrogen-bond donors (Lipinski definition) is 1. The van der Waals surface area contributed by atoms with Gasteiger partial charge in [-0.25, -0.2) is 4.68 Å². The molecule has 2 rings (SSSR count). The van der Waals surface area contributed by atoms with Crippen LogP contribution in [0.3, 0.4) is 0 Å². The zero-order valence-corrected chi connectivity index (χ0v) is 8.70. The largest absolute Gasteiger partial charge is 0.383 e. The van der Waals surface area contributed by atoms with Crippen molar-refractivity contribution in [1.82, 2.24) is 9.78 Å². The van der Waals surface area contributed by atoms with Crippen molar-refractivity contribution >= 4 is 17.4 Å². The number of nitrogens with zero attached hydrogens (tertiary/aromatic N) is 2. The van der Waals surface area contributed by atoms with E-state index < -0.39 is 0 Å². The van der Waals surface area contributed by atoms with E-state index in [-0.39, 0.29) is 0 Å². The Morgan fingerprint density at radius 2 is 2.29 bits per heavy atom. The minimum absolute atomic E-state index is 0.539. The average molecular weight is 216 g/mol. The molecule has 4 nitrogen and oxygen atoms in total. The third-order valence-corrected chi connectivity index (χ3v) is 2.90. The maximum Gasteiger partial charge on any atom is 0.140 e. The third-order valence-electron chi connectivity index (χ3n) is 2.61. The Bertz CT molecular complexity index is 307. The average Bonchev–Trinajstić information content (AvgIpc) is 2.52. The van der Waals surface area contributed by atoms with Crippen molar-refractivity contribution in [2.45, 2.75) is 19.4 Å². The summed E-state index contributed by atoms with van der Waals surface area (Å²) in [6.07, 6.45) is 3.75. The fraction of sp³-hybridized carbons (Fsp3) is 0.667. The first-order chi connectivity index (χ1) is 6.77. The molecule has 1 aliphatic rings. The van der Waals surface area contributed by atoms with Crippen LogP contribution in [0.5, 0.6) is 0 Å². The monoisotopic (exact) mass is 215 g/mol. The van der Waals surface area contributed by atoms with Gasteiger partial charge >= 0.3 is 0 Å². The van der Waals surface area contributed by atoms with Crippen LogP contribution in [-0.4, -0.2) is 23.0 Å². The molecule has 0 spiro atoms. The van der Waals surface area contributed by atoms with E-state index in [1.165, 1.54) is 0 Å². The quantitative estimate of drug-likeness (QED) is 0.815. The van der Waals surface area contributed by atoms with Gasteiger partial charge in [0.05, 0.1) is 6.20 Å². The summed E-state index contributed by atoms with van der Waals surface area (Å²) in [6.45, 7) is 2.54. The summed E-state index contributed by atoms with van der Waals surface area (Å²) >= 11 is 5.81. The summed E-state index contributed by atoms with van der Waals surface area (Å²) in [4.78, 5) is 0. The number of nitrogen functional groups attached to an aromatic ring is 1. The van der Waals surface area contributed by atoms with Gasteiger partial charge in [0.25, 0.3) is 0 Å². The summed E-state index contributed by atoms with van der Waals surface area (Å²) in [5.74, 6) is 1.18. The van der Waals surface area contributed by atoms with Gasteiger partial charge in [-0.3, -0.25) is 0 Å². The number of hydrogen-bond acceptors (Lipinski definition) is 3. The first-order valence-electron chi connectivity index (χ1n) is 4.82. The lowest BCUT2D eigenvalue weighted by Gasteiger charge is -2.22. The fourth-order valence-corrected chi connectivity index (χ4v) is 1.83. The Balaban J connectivity index is 1.99. The van der Waals surface area contributed by atoms with Crippen molar-refractivity contribution in [3.63, 3.8) is 0 Å². The SMILES string of the molecule is Nc1c(Cl)cnn1CC1CCOCC1. The van der Waals surface area contributed by atoms with Gasteiger partial charge in [-0.05, 0) is 18.8 Å². The smallest absolute Gasteiger partial charge is 0.140 e. The Labute approximate surface area is 88.0 Å². The molecule has 5 heteroatoms. The molecule has 2 heterocycles. The molecule has 0 radical (unpaired) electrons. The van der Waals surface area contributed by atoms with E-state index in [1.807, 2.05) is 0 Å². The molecule has 0 aromatic carbocycles. The van der Waals surface area contributed by atoms with Crippen LogP contribution < -0.4 is 5.73 Å². The summed E-state index contributed by atoms with van der Waals surface area (Å²) in [6, 6.07) is 0. The van der Waals surface area contributed by atoms with Crippen molar-refractivity contribution in [3.05, 3.63) is 11.2 Å². The van der Waals surface area contributed by atoms with Crippen LogP contribution in [0.2, 0.25) is 5.02 Å². The first-order valence-corrected chi connectivity index (χ1v) is 5.19. The van der Waals surface area contributed by atoms with Gasteiger partial charge in [-0.1, -0.05) is 11.6 Å². The first kappa shape index (κ1) is 9.80. The predicted octanol–water partition coefficient (Wildman–Crippen LogP) is 1.55. The number of nitrogens with two attached hydrogens (primary N) is 1. The number of rotatable bonds is 2. The summed E-state index contributed by atoms with van der Waals surface area (Å²) in [5.41, 5.74) is 5.76. The van der Waals surface area contributed by atoms with Crippen molar-refractivity contribution in [2.75, 3.05) is 18.9 Å². The van der Waals surface area contributed by atoms with Crippen LogP contribution in [0.25, 0.3) is 0 Å². The lowest BCUT2D eigenvalue weighted by Crippen LogP contribution is -2.21. The van der Waals surface area contributed by atoms with Crippen molar-refractivity contribution in [2.24, 2.45) is 5.92 Å². The molecule has 0 unspecified atom stereocenters. The van der Waals surface area contributed by atoms with Gasteiger partial charge in [0.2, 0.25) is 0 Å². The summed E-state index contributed by atoms with van der Waals surface area (Å²) in [7, 11) is 0. The van der Waals surface area contributed by atoms with E-state index in [9.17, 15) is 0 Å². The molecule has 2 N–H and O–H groups in total. The molecule has 0 amide bonds. The molecular formula is C9H14ClN3O. The zero-order chi connectivity index (χ0) is 9.97. The zero-order valence-electron chi connectivity index (χ0n) is 7.95. The van der Waals surface area contributed by atoms with Crippen LogP contribution in [-0.2, 0) is 11.3 Å². The highest BCUT2D eigenvalue weighted by Crippen LogP contribution is 2.21. The summed E-state index contributed by atoms with van der Waals surface area (Å²) < 4.78 is 7.06. The molecule has 1 aromatic heterocycles. The minimum atomic E-state index is 0.539. The van der Waals surface area contributed by atoms with E-state index in [1.54, 1.807) is 10.9 Å². The van der Waals surface area contributed by atoms with Gasteiger partial charge in [0, 0.05) is 19.8 Å². The number of halogens is 1. The van der Waals surface area contributed by atoms with Crippen LogP contribution in [0, 0.1) is 5.92 Å². The molecule has 1 saturated heterocycles. The van der Waals surface area contributed by atoms with Gasteiger partial charge in [-0.2, -0.15) is 5.10 Å². The summed E-state index contributed by atoms with van der Waals surface area (Å²) in [5, 5.41) is 4.67. The van der Waals surface area contributed by atoms with Crippen LogP contribution in [0.4, 0.5) is 5.82 Å². The topological polar surface area (TPSA) is 53.1 Å². The molecule has 1 aromatic rings. The second-order valence-electron chi connectivity index (χ2n) is 3.62. The van der Waals surface area contributed by atoms with E-state index in [2.05, 4.69) is 5.10 Å². The highest BCUT2D eigenvalue weighted by Gasteiger charge is 2.16. The van der Waals surface area contributed by atoms with Crippen LogP contribution in [0.15, 0.2) is 6.20 Å². The predicted molar refractivity (Wildman–Crippen MR) is 55.2 cm³/mol. The molecule has 0 atom stereocenters. The highest BCUT2D eigenvalue weighted by atomic mass is 35.5. The van der Waals surface area contributed by atoms with Gasteiger partial charge in [0.15, 0.2) is 0 Å². The van der Waals surface area contributed by atoms with Crippen LogP contribution >= 0.6 is 11.6 Å². The second kappa shape index (κ2) is 4.19. The van der Waals surface area contributed by atoms with Crippen LogP contribution in [0.1, 0.15) is 12.8 Å². The standard InChI is InChI=1S/C9H14ClN3O/c10-8-5-12-13(9(8)11)6-7-1-3-14-4-2-7/h5,7H,1-4,6,11H2. The Hall–Kier alpha value is -0.740. The van der Waals surface area contributed by atoms with Crippen molar-refractivity contribution < 1.29 is 4.74 Å². The highest BCUT2D eigenvalue weighted by molar-refractivity contribution is 6.32. The molecule has 0 bridgehead atoms. The minimum Gasteiger partial charge on any atom is -0.383 e. The molecule has 0 saturated carbocycles. The maximum absolute atomic E-state index is 5.81. The third kappa shape index (κ3) is 2.01. The number of ether oxygens (including phenoxy) is 1. The lowest BCUT2D eigenvalue weighted by atomic mass is 10.0. The number of aromatic nitrogens is 2. The van der Waals surface area contributed by atoms with E-state index in [0.29, 0.717) is 16.8 Å². The Kier molecular flexibility index (Phi) is 2.93. The van der Waals surface area contributed by atoms with Gasteiger partial charge in [-0.15, -0.1) is 0 Å². The molecule has 1 fully saturated rings. The lowest BCUT2D eigenvalue weighted by molar-refractivity contribution is 0.0603. The normalized spacial score (nSPS) is 18.6. The van der Waals surface area contributed by atoms with Crippen molar-refractivity contribution in [3.8, 4) is 0 Å². The van der Waals surface area contributed by atoms with E-state index in [4.69, 9.17) is 22.1 Å². The maximum atomic E-state index is 5.81. The van der Waals surface area contributed by atoms with E-state index >= 15 is 0 Å². The number of anilines is 1. The fourth-order valence-electron chi connectivity index (χ4n) is 1.69. The molecule has 0 aliphatic carbocycles. The molecule has 78 valence electrons. The van der Waals surface area contributed by atoms with Gasteiger partial charge < -0.3 is 10.5 Å². The van der Waals surface area contributed by atoms with E-state index in [0.717, 1.165) is 32.6 Å². The molecule has 14 heavy (non-hydrogen) atoms. The second-order valence-corrected chi connectivity index (χ2v) is 4.02. The Morgan fingerprint density at radius 1 is 1.57 bits per heavy atom. The molecule has 1 aliphatic heterocycles. The van der Waals surface area contributed by atoms with Crippen molar-refractivity contribution in [1.29, 1.82) is 0 Å².